The summed E-state index contributed by atoms with van der Waals surface area (Å²) in [5, 5.41) is 3.37. The molecule has 0 aliphatic carbocycles. The molecule has 3 rings (SSSR count). The third-order valence-corrected chi connectivity index (χ3v) is 6.66. The van der Waals surface area contributed by atoms with Gasteiger partial charge in [0.2, 0.25) is 0 Å². The van der Waals surface area contributed by atoms with Crippen LogP contribution in [-0.4, -0.2) is 21.4 Å². The largest absolute Gasteiger partial charge is 0.322 e. The van der Waals surface area contributed by atoms with Crippen molar-refractivity contribution in [2.24, 2.45) is 0 Å². The van der Waals surface area contributed by atoms with Gasteiger partial charge in [-0.2, -0.15) is 0 Å². The van der Waals surface area contributed by atoms with Crippen molar-refractivity contribution in [1.29, 1.82) is 0 Å². The highest BCUT2D eigenvalue weighted by Crippen LogP contribution is 2.24. The molecule has 29 heavy (non-hydrogen) atoms. The number of halogens is 1. The van der Waals surface area contributed by atoms with Gasteiger partial charge in [-0.05, 0) is 66.6 Å². The molecule has 0 unspecified atom stereocenters. The van der Waals surface area contributed by atoms with Crippen molar-refractivity contribution in [2.45, 2.75) is 18.2 Å². The normalized spacial score (nSPS) is 11.1. The lowest BCUT2D eigenvalue weighted by Crippen LogP contribution is -2.26. The molecule has 7 heteroatoms. The second-order valence-corrected chi connectivity index (χ2v) is 8.84. The minimum atomic E-state index is -3.73. The number of hydrogen-bond donors (Lipinski definition) is 1. The molecule has 1 amide bonds. The molecule has 0 saturated heterocycles. The Morgan fingerprint density at radius 3 is 2.21 bits per heavy atom. The standard InChI is InChI=1S/C22H21ClN2O3S/c1-3-16-6-4-5-7-21(16)24-22(26)17-8-12-19(13-9-17)25(2)29(27,28)20-14-10-18(23)11-15-20/h4-15H,3H2,1-2H3,(H,24,26). The second-order valence-electron chi connectivity index (χ2n) is 6.44. The first-order valence-corrected chi connectivity index (χ1v) is 10.9. The molecule has 0 spiro atoms. The van der Waals surface area contributed by atoms with Crippen molar-refractivity contribution in [3.63, 3.8) is 0 Å². The number of hydrogen-bond acceptors (Lipinski definition) is 3. The van der Waals surface area contributed by atoms with Gasteiger partial charge in [0.05, 0.1) is 10.6 Å². The molecule has 3 aromatic rings. The molecule has 0 bridgehead atoms. The molecule has 0 fully saturated rings. The van der Waals surface area contributed by atoms with Gasteiger partial charge in [0.1, 0.15) is 0 Å². The van der Waals surface area contributed by atoms with E-state index < -0.39 is 10.0 Å². The van der Waals surface area contributed by atoms with Crippen molar-refractivity contribution in [1.82, 2.24) is 0 Å². The Morgan fingerprint density at radius 2 is 1.59 bits per heavy atom. The van der Waals surface area contributed by atoms with Crippen molar-refractivity contribution >= 4 is 38.9 Å². The minimum absolute atomic E-state index is 0.141. The summed E-state index contributed by atoms with van der Waals surface area (Å²) in [6, 6.07) is 20.0. The van der Waals surface area contributed by atoms with Crippen molar-refractivity contribution < 1.29 is 13.2 Å². The number of nitrogens with one attached hydrogen (secondary N) is 1. The highest BCUT2D eigenvalue weighted by Gasteiger charge is 2.21. The van der Waals surface area contributed by atoms with E-state index in [1.54, 1.807) is 24.3 Å². The van der Waals surface area contributed by atoms with E-state index >= 15 is 0 Å². The van der Waals surface area contributed by atoms with Crippen LogP contribution in [-0.2, 0) is 16.4 Å². The number of rotatable bonds is 6. The third kappa shape index (κ3) is 4.60. The van der Waals surface area contributed by atoms with Gasteiger partial charge in [-0.3, -0.25) is 9.10 Å². The summed E-state index contributed by atoms with van der Waals surface area (Å²) < 4.78 is 26.7. The first-order chi connectivity index (χ1) is 13.8. The van der Waals surface area contributed by atoms with E-state index in [4.69, 9.17) is 11.6 Å². The number of anilines is 2. The fourth-order valence-electron chi connectivity index (χ4n) is 2.87. The summed E-state index contributed by atoms with van der Waals surface area (Å²) in [5.74, 6) is -0.249. The molecule has 3 aromatic carbocycles. The second kappa shape index (κ2) is 8.68. The Morgan fingerprint density at radius 1 is 0.966 bits per heavy atom. The summed E-state index contributed by atoms with van der Waals surface area (Å²) in [6.45, 7) is 2.02. The van der Waals surface area contributed by atoms with Gasteiger partial charge in [-0.25, -0.2) is 8.42 Å². The van der Waals surface area contributed by atoms with E-state index in [1.165, 1.54) is 35.6 Å². The number of carbonyl (C=O) groups is 1. The lowest BCUT2D eigenvalue weighted by Gasteiger charge is -2.20. The van der Waals surface area contributed by atoms with E-state index in [9.17, 15) is 13.2 Å². The molecular formula is C22H21ClN2O3S. The molecule has 0 aliphatic heterocycles. The first-order valence-electron chi connectivity index (χ1n) is 9.06. The summed E-state index contributed by atoms with van der Waals surface area (Å²) in [4.78, 5) is 12.7. The van der Waals surface area contributed by atoms with Gasteiger partial charge >= 0.3 is 0 Å². The quantitative estimate of drug-likeness (QED) is 0.602. The molecule has 1 N–H and O–H groups in total. The van der Waals surface area contributed by atoms with Crippen LogP contribution >= 0.6 is 11.6 Å². The summed E-state index contributed by atoms with van der Waals surface area (Å²) >= 11 is 5.84. The maximum Gasteiger partial charge on any atom is 0.264 e. The molecule has 5 nitrogen and oxygen atoms in total. The zero-order valence-corrected chi connectivity index (χ0v) is 17.7. The van der Waals surface area contributed by atoms with Crippen molar-refractivity contribution in [3.8, 4) is 0 Å². The van der Waals surface area contributed by atoms with Crippen molar-refractivity contribution in [2.75, 3.05) is 16.7 Å². The monoisotopic (exact) mass is 428 g/mol. The molecule has 150 valence electrons. The predicted molar refractivity (Wildman–Crippen MR) is 117 cm³/mol. The number of amides is 1. The highest BCUT2D eigenvalue weighted by molar-refractivity contribution is 7.92. The molecule has 0 aromatic heterocycles. The zero-order valence-electron chi connectivity index (χ0n) is 16.1. The number of sulfonamides is 1. The molecule has 0 radical (unpaired) electrons. The maximum absolute atomic E-state index is 12.8. The van der Waals surface area contributed by atoms with E-state index in [2.05, 4.69) is 5.32 Å². The van der Waals surface area contributed by atoms with Crippen LogP contribution in [0.2, 0.25) is 5.02 Å². The van der Waals surface area contributed by atoms with Crippen LogP contribution in [0.3, 0.4) is 0 Å². The Kier molecular flexibility index (Phi) is 6.25. The first kappa shape index (κ1) is 20.9. The van der Waals surface area contributed by atoms with Crippen LogP contribution in [0.25, 0.3) is 0 Å². The predicted octanol–water partition coefficient (Wildman–Crippen LogP) is 4.98. The van der Waals surface area contributed by atoms with Gasteiger partial charge < -0.3 is 5.32 Å². The Bertz CT molecular complexity index is 1110. The molecular weight excluding hydrogens is 408 g/mol. The van der Waals surface area contributed by atoms with E-state index in [0.717, 1.165) is 17.7 Å². The molecule has 0 saturated carbocycles. The van der Waals surface area contributed by atoms with Crippen molar-refractivity contribution in [3.05, 3.63) is 88.9 Å². The van der Waals surface area contributed by atoms with Gasteiger partial charge in [-0.15, -0.1) is 0 Å². The number of nitrogens with zero attached hydrogens (tertiary/aromatic N) is 1. The van der Waals surface area contributed by atoms with Crippen LogP contribution in [0.5, 0.6) is 0 Å². The lowest BCUT2D eigenvalue weighted by molar-refractivity contribution is 0.102. The van der Waals surface area contributed by atoms with E-state index in [0.29, 0.717) is 16.3 Å². The maximum atomic E-state index is 12.8. The average Bonchev–Trinajstić information content (AvgIpc) is 2.74. The summed E-state index contributed by atoms with van der Waals surface area (Å²) in [7, 11) is -2.26. The fraction of sp³-hybridized carbons (Fsp3) is 0.136. The number of aryl methyl sites for hydroxylation is 1. The van der Waals surface area contributed by atoms with E-state index in [1.807, 2.05) is 31.2 Å². The Hall–Kier alpha value is -2.83. The molecule has 0 atom stereocenters. The van der Waals surface area contributed by atoms with Gasteiger partial charge in [0.25, 0.3) is 15.9 Å². The summed E-state index contributed by atoms with van der Waals surface area (Å²) in [6.07, 6.45) is 0.808. The van der Waals surface area contributed by atoms with Crippen LogP contribution in [0.4, 0.5) is 11.4 Å². The van der Waals surface area contributed by atoms with Gasteiger partial charge in [-0.1, -0.05) is 36.7 Å². The topological polar surface area (TPSA) is 66.5 Å². The average molecular weight is 429 g/mol. The molecule has 0 aliphatic rings. The SMILES string of the molecule is CCc1ccccc1NC(=O)c1ccc(N(C)S(=O)(=O)c2ccc(Cl)cc2)cc1. The van der Waals surface area contributed by atoms with Crippen LogP contribution in [0, 0.1) is 0 Å². The summed E-state index contributed by atoms with van der Waals surface area (Å²) in [5.41, 5.74) is 2.71. The Balaban J connectivity index is 1.78. The van der Waals surface area contributed by atoms with Crippen LogP contribution < -0.4 is 9.62 Å². The van der Waals surface area contributed by atoms with E-state index in [-0.39, 0.29) is 10.8 Å². The van der Waals surface area contributed by atoms with Crippen LogP contribution in [0.15, 0.2) is 77.7 Å². The third-order valence-electron chi connectivity index (χ3n) is 4.61. The molecule has 0 heterocycles. The van der Waals surface area contributed by atoms with Gasteiger partial charge in [0.15, 0.2) is 0 Å². The number of carbonyl (C=O) groups excluding carboxylic acids is 1. The Labute approximate surface area is 176 Å². The highest BCUT2D eigenvalue weighted by atomic mass is 35.5. The number of benzene rings is 3. The zero-order chi connectivity index (χ0) is 21.0. The van der Waals surface area contributed by atoms with Crippen LogP contribution in [0.1, 0.15) is 22.8 Å². The minimum Gasteiger partial charge on any atom is -0.322 e. The smallest absolute Gasteiger partial charge is 0.264 e. The number of para-hydroxylation sites is 1. The fourth-order valence-corrected chi connectivity index (χ4v) is 4.19. The van der Waals surface area contributed by atoms with Gasteiger partial charge in [0, 0.05) is 23.3 Å². The lowest BCUT2D eigenvalue weighted by atomic mass is 10.1.